The van der Waals surface area contributed by atoms with Crippen LogP contribution in [-0.2, 0) is 4.79 Å². The SMILES string of the molecule is COc1cccc(C2=CC=C(c3cnn4c(N)c(Br)c([C@H]5CC[C@H](C(=O)O)CC5)nc34)CN2)c1. The number of dihydropyridines is 1. The van der Waals surface area contributed by atoms with Crippen molar-refractivity contribution < 1.29 is 14.6 Å². The van der Waals surface area contributed by atoms with Gasteiger partial charge in [-0.25, -0.2) is 4.98 Å². The Hall–Kier alpha value is -3.33. The van der Waals surface area contributed by atoms with Crippen molar-refractivity contribution in [2.24, 2.45) is 5.92 Å². The van der Waals surface area contributed by atoms with Crippen LogP contribution in [0.3, 0.4) is 0 Å². The van der Waals surface area contributed by atoms with E-state index in [2.05, 4.69) is 32.4 Å². The van der Waals surface area contributed by atoms with Gasteiger partial charge in [-0.1, -0.05) is 18.2 Å². The number of allylic oxidation sites excluding steroid dienone is 2. The molecule has 3 heterocycles. The third kappa shape index (κ3) is 4.04. The normalized spacial score (nSPS) is 20.4. The van der Waals surface area contributed by atoms with Crippen LogP contribution in [0.1, 0.15) is 48.4 Å². The number of aromatic nitrogens is 3. The molecule has 176 valence electrons. The lowest BCUT2D eigenvalue weighted by molar-refractivity contribution is -0.142. The molecule has 5 rings (SSSR count). The molecule has 3 aromatic rings. The standard InChI is InChI=1S/C25H26BrN5O3/c1-34-18-4-2-3-16(11-18)20-10-9-17(12-28-20)19-13-29-31-23(27)21(26)22(30-24(19)31)14-5-7-15(8-6-14)25(32)33/h2-4,9-11,13-15,28H,5-8,12,27H2,1H3,(H,32,33)/t14-,15-. The summed E-state index contributed by atoms with van der Waals surface area (Å²) in [5, 5.41) is 17.3. The summed E-state index contributed by atoms with van der Waals surface area (Å²) in [6.45, 7) is 0.626. The molecule has 0 spiro atoms. The van der Waals surface area contributed by atoms with Crippen LogP contribution in [0.15, 0.2) is 47.1 Å². The highest BCUT2D eigenvalue weighted by Crippen LogP contribution is 2.40. The van der Waals surface area contributed by atoms with E-state index in [1.165, 1.54) is 0 Å². The van der Waals surface area contributed by atoms with E-state index >= 15 is 0 Å². The lowest BCUT2D eigenvalue weighted by atomic mass is 9.80. The third-order valence-corrected chi connectivity index (χ3v) is 7.57. The molecule has 9 heteroatoms. The molecule has 4 N–H and O–H groups in total. The van der Waals surface area contributed by atoms with E-state index in [1.807, 2.05) is 30.3 Å². The summed E-state index contributed by atoms with van der Waals surface area (Å²) in [7, 11) is 1.66. The molecule has 1 fully saturated rings. The Morgan fingerprint density at radius 3 is 2.74 bits per heavy atom. The molecule has 0 radical (unpaired) electrons. The molecule has 1 aliphatic carbocycles. The number of carboxylic acid groups (broad SMARTS) is 1. The summed E-state index contributed by atoms with van der Waals surface area (Å²) < 4.78 is 7.74. The molecule has 1 aromatic carbocycles. The quantitative estimate of drug-likeness (QED) is 0.451. The summed E-state index contributed by atoms with van der Waals surface area (Å²) in [6.07, 6.45) is 8.79. The minimum Gasteiger partial charge on any atom is -0.497 e. The number of nitrogens with zero attached hydrogens (tertiary/aromatic N) is 3. The van der Waals surface area contributed by atoms with Crippen LogP contribution in [-0.4, -0.2) is 39.3 Å². The minimum atomic E-state index is -0.711. The van der Waals surface area contributed by atoms with Crippen LogP contribution in [0, 0.1) is 5.92 Å². The van der Waals surface area contributed by atoms with Gasteiger partial charge in [0.25, 0.3) is 0 Å². The molecule has 1 aliphatic heterocycles. The molecule has 8 nitrogen and oxygen atoms in total. The lowest BCUT2D eigenvalue weighted by Gasteiger charge is -2.26. The van der Waals surface area contributed by atoms with E-state index in [0.29, 0.717) is 30.9 Å². The molecule has 34 heavy (non-hydrogen) atoms. The zero-order chi connectivity index (χ0) is 23.8. The molecular weight excluding hydrogens is 498 g/mol. The van der Waals surface area contributed by atoms with Crippen molar-refractivity contribution >= 4 is 44.6 Å². The number of carbonyl (C=O) groups is 1. The average molecular weight is 524 g/mol. The number of aliphatic carboxylic acids is 1. The smallest absolute Gasteiger partial charge is 0.306 e. The van der Waals surface area contributed by atoms with Gasteiger partial charge in [0.1, 0.15) is 11.6 Å². The Morgan fingerprint density at radius 2 is 2.06 bits per heavy atom. The van der Waals surface area contributed by atoms with Crippen molar-refractivity contribution in [2.45, 2.75) is 31.6 Å². The monoisotopic (exact) mass is 523 g/mol. The number of hydrogen-bond acceptors (Lipinski definition) is 6. The fourth-order valence-corrected chi connectivity index (χ4v) is 5.37. The van der Waals surface area contributed by atoms with Crippen molar-refractivity contribution in [3.8, 4) is 5.75 Å². The average Bonchev–Trinajstić information content (AvgIpc) is 3.30. The molecule has 0 atom stereocenters. The molecule has 0 amide bonds. The number of fused-ring (bicyclic) bond motifs is 1. The number of benzene rings is 1. The lowest BCUT2D eigenvalue weighted by Crippen LogP contribution is -2.22. The molecule has 0 unspecified atom stereocenters. The second kappa shape index (κ2) is 9.13. The van der Waals surface area contributed by atoms with Crippen molar-refractivity contribution in [2.75, 3.05) is 19.4 Å². The number of anilines is 1. The highest BCUT2D eigenvalue weighted by molar-refractivity contribution is 9.10. The van der Waals surface area contributed by atoms with Gasteiger partial charge < -0.3 is 20.9 Å². The predicted octanol–water partition coefficient (Wildman–Crippen LogP) is 4.47. The first kappa shape index (κ1) is 22.5. The Morgan fingerprint density at radius 1 is 1.26 bits per heavy atom. The van der Waals surface area contributed by atoms with Gasteiger partial charge in [-0.2, -0.15) is 9.61 Å². The highest BCUT2D eigenvalue weighted by atomic mass is 79.9. The highest BCUT2D eigenvalue weighted by Gasteiger charge is 2.30. The first-order valence-electron chi connectivity index (χ1n) is 11.3. The number of hydrogen-bond donors (Lipinski definition) is 3. The molecule has 1 saturated carbocycles. The van der Waals surface area contributed by atoms with Crippen LogP contribution in [0.25, 0.3) is 16.9 Å². The van der Waals surface area contributed by atoms with E-state index in [4.69, 9.17) is 15.5 Å². The number of methoxy groups -OCH3 is 1. The first-order chi connectivity index (χ1) is 16.5. The van der Waals surface area contributed by atoms with Crippen molar-refractivity contribution in [3.63, 3.8) is 0 Å². The van der Waals surface area contributed by atoms with Crippen molar-refractivity contribution in [3.05, 3.63) is 63.9 Å². The van der Waals surface area contributed by atoms with Crippen LogP contribution in [0.5, 0.6) is 5.75 Å². The zero-order valence-corrected chi connectivity index (χ0v) is 20.4. The van der Waals surface area contributed by atoms with E-state index in [-0.39, 0.29) is 11.8 Å². The van der Waals surface area contributed by atoms with Gasteiger partial charge >= 0.3 is 5.97 Å². The van der Waals surface area contributed by atoms with Gasteiger partial charge in [-0.15, -0.1) is 0 Å². The summed E-state index contributed by atoms with van der Waals surface area (Å²) in [5.41, 5.74) is 12.1. The molecule has 2 aliphatic rings. The van der Waals surface area contributed by atoms with Gasteiger partial charge in [-0.05, 0) is 65.4 Å². The topological polar surface area (TPSA) is 115 Å². The van der Waals surface area contributed by atoms with Gasteiger partial charge in [0, 0.05) is 29.3 Å². The van der Waals surface area contributed by atoms with Gasteiger partial charge in [0.15, 0.2) is 5.65 Å². The second-order valence-electron chi connectivity index (χ2n) is 8.73. The summed E-state index contributed by atoms with van der Waals surface area (Å²) >= 11 is 3.62. The Bertz CT molecular complexity index is 1320. The zero-order valence-electron chi connectivity index (χ0n) is 18.8. The van der Waals surface area contributed by atoms with Crippen LogP contribution in [0.4, 0.5) is 5.82 Å². The number of nitrogens with two attached hydrogens (primary N) is 1. The largest absolute Gasteiger partial charge is 0.497 e. The van der Waals surface area contributed by atoms with Gasteiger partial charge in [-0.3, -0.25) is 4.79 Å². The maximum Gasteiger partial charge on any atom is 0.306 e. The minimum absolute atomic E-state index is 0.165. The number of nitrogen functional groups attached to an aromatic ring is 1. The maximum atomic E-state index is 11.3. The summed E-state index contributed by atoms with van der Waals surface area (Å²) in [4.78, 5) is 16.3. The Balaban J connectivity index is 1.47. The number of nitrogens with one attached hydrogen (secondary N) is 1. The fourth-order valence-electron chi connectivity index (χ4n) is 4.79. The fraction of sp³-hybridized carbons (Fsp3) is 0.320. The van der Waals surface area contributed by atoms with Crippen LogP contribution >= 0.6 is 15.9 Å². The van der Waals surface area contributed by atoms with E-state index in [0.717, 1.165) is 51.2 Å². The maximum absolute atomic E-state index is 11.3. The third-order valence-electron chi connectivity index (χ3n) is 6.76. The van der Waals surface area contributed by atoms with Gasteiger partial charge in [0.05, 0.1) is 29.4 Å². The number of rotatable bonds is 5. The first-order valence-corrected chi connectivity index (χ1v) is 12.1. The summed E-state index contributed by atoms with van der Waals surface area (Å²) in [5.74, 6) is 0.497. The van der Waals surface area contributed by atoms with E-state index in [1.54, 1.807) is 17.8 Å². The molecule has 0 saturated heterocycles. The van der Waals surface area contributed by atoms with Crippen LogP contribution in [0.2, 0.25) is 0 Å². The van der Waals surface area contributed by atoms with Crippen molar-refractivity contribution in [1.82, 2.24) is 19.9 Å². The van der Waals surface area contributed by atoms with Crippen LogP contribution < -0.4 is 15.8 Å². The predicted molar refractivity (Wildman–Crippen MR) is 134 cm³/mol. The van der Waals surface area contributed by atoms with E-state index in [9.17, 15) is 9.90 Å². The molecular formula is C25H26BrN5O3. The van der Waals surface area contributed by atoms with E-state index < -0.39 is 5.97 Å². The number of carboxylic acids is 1. The molecule has 2 aromatic heterocycles. The molecule has 0 bridgehead atoms. The Kier molecular flexibility index (Phi) is 6.03. The van der Waals surface area contributed by atoms with Crippen molar-refractivity contribution in [1.29, 1.82) is 0 Å². The van der Waals surface area contributed by atoms with Gasteiger partial charge in [0.2, 0.25) is 0 Å². The summed E-state index contributed by atoms with van der Waals surface area (Å²) in [6, 6.07) is 7.93. The number of ether oxygens (including phenoxy) is 1. The second-order valence-corrected chi connectivity index (χ2v) is 9.53. The number of halogens is 1. The Labute approximate surface area is 205 Å².